The number of aliphatic carboxylic acids is 1. The van der Waals surface area contributed by atoms with Crippen LogP contribution < -0.4 is 10.1 Å². The van der Waals surface area contributed by atoms with Crippen LogP contribution in [0.1, 0.15) is 34.8 Å². The summed E-state index contributed by atoms with van der Waals surface area (Å²) in [7, 11) is 0. The minimum Gasteiger partial charge on any atom is -0.482 e. The zero-order valence-electron chi connectivity index (χ0n) is 14.3. The number of nitrogens with one attached hydrogen (secondary N) is 1. The lowest BCUT2D eigenvalue weighted by molar-refractivity contribution is -0.139. The molecule has 2 N–H and O–H groups in total. The second-order valence-electron chi connectivity index (χ2n) is 6.12. The van der Waals surface area contributed by atoms with E-state index in [0.717, 1.165) is 18.4 Å². The van der Waals surface area contributed by atoms with E-state index in [-0.39, 0.29) is 18.1 Å². The maximum atomic E-state index is 12.7. The zero-order chi connectivity index (χ0) is 18.4. The van der Waals surface area contributed by atoms with E-state index in [1.54, 1.807) is 18.2 Å². The van der Waals surface area contributed by atoms with Gasteiger partial charge in [0.15, 0.2) is 6.61 Å². The van der Waals surface area contributed by atoms with Crippen LogP contribution in [-0.4, -0.2) is 36.3 Å². The number of carboxylic acids is 1. The van der Waals surface area contributed by atoms with Gasteiger partial charge in [0.05, 0.1) is 12.1 Å². The normalized spacial score (nSPS) is 17.5. The largest absolute Gasteiger partial charge is 0.482 e. The molecule has 1 heterocycles. The molecule has 26 heavy (non-hydrogen) atoms. The molecule has 1 saturated heterocycles. The van der Waals surface area contributed by atoms with Crippen LogP contribution in [0.4, 0.5) is 0 Å². The van der Waals surface area contributed by atoms with Crippen LogP contribution >= 0.6 is 0 Å². The Hall–Kier alpha value is -2.86. The third-order valence-corrected chi connectivity index (χ3v) is 4.24. The highest BCUT2D eigenvalue weighted by Gasteiger charge is 2.29. The first-order valence-corrected chi connectivity index (χ1v) is 8.55. The Balaban J connectivity index is 1.75. The van der Waals surface area contributed by atoms with Crippen molar-refractivity contribution in [2.75, 3.05) is 13.2 Å². The minimum atomic E-state index is -1.07. The summed E-state index contributed by atoms with van der Waals surface area (Å²) in [6.07, 6.45) is 1.80. The maximum absolute atomic E-state index is 12.7. The molecule has 2 atom stereocenters. The van der Waals surface area contributed by atoms with E-state index in [1.165, 1.54) is 6.07 Å². The van der Waals surface area contributed by atoms with Gasteiger partial charge in [-0.2, -0.15) is 0 Å². The minimum absolute atomic E-state index is 0.0622. The number of hydrogen-bond acceptors (Lipinski definition) is 4. The van der Waals surface area contributed by atoms with Crippen molar-refractivity contribution in [2.24, 2.45) is 0 Å². The van der Waals surface area contributed by atoms with Crippen molar-refractivity contribution in [1.29, 1.82) is 0 Å². The van der Waals surface area contributed by atoms with E-state index in [1.807, 2.05) is 30.3 Å². The summed E-state index contributed by atoms with van der Waals surface area (Å²) >= 11 is 0. The molecule has 1 aliphatic rings. The van der Waals surface area contributed by atoms with Crippen molar-refractivity contribution in [3.8, 4) is 5.75 Å². The van der Waals surface area contributed by atoms with Crippen LogP contribution in [0.5, 0.6) is 5.75 Å². The molecule has 0 saturated carbocycles. The molecule has 0 aromatic heterocycles. The van der Waals surface area contributed by atoms with Crippen LogP contribution in [-0.2, 0) is 9.53 Å². The average Bonchev–Trinajstić information content (AvgIpc) is 3.19. The Morgan fingerprint density at radius 3 is 2.69 bits per heavy atom. The molecule has 3 rings (SSSR count). The Bertz CT molecular complexity index is 756. The maximum Gasteiger partial charge on any atom is 0.341 e. The molecule has 0 aliphatic carbocycles. The number of hydrogen-bond donors (Lipinski definition) is 2. The van der Waals surface area contributed by atoms with Crippen molar-refractivity contribution in [2.45, 2.75) is 25.0 Å². The second kappa shape index (κ2) is 8.49. The van der Waals surface area contributed by atoms with Gasteiger partial charge in [0, 0.05) is 12.2 Å². The first-order valence-electron chi connectivity index (χ1n) is 8.55. The molecule has 2 aromatic rings. The topological polar surface area (TPSA) is 84.9 Å². The van der Waals surface area contributed by atoms with Gasteiger partial charge in [0.2, 0.25) is 0 Å². The quantitative estimate of drug-likeness (QED) is 0.798. The summed E-state index contributed by atoms with van der Waals surface area (Å²) in [4.78, 5) is 23.4. The number of benzene rings is 2. The first kappa shape index (κ1) is 17.9. The van der Waals surface area contributed by atoms with E-state index < -0.39 is 12.6 Å². The Morgan fingerprint density at radius 1 is 1.19 bits per heavy atom. The van der Waals surface area contributed by atoms with Crippen LogP contribution in [0.15, 0.2) is 54.6 Å². The lowest BCUT2D eigenvalue weighted by atomic mass is 9.99. The number of ether oxygens (including phenoxy) is 2. The smallest absolute Gasteiger partial charge is 0.341 e. The van der Waals surface area contributed by atoms with Gasteiger partial charge in [-0.1, -0.05) is 36.4 Å². The molecule has 6 heteroatoms. The van der Waals surface area contributed by atoms with Gasteiger partial charge in [0.1, 0.15) is 5.75 Å². The SMILES string of the molecule is O=C(O)COc1cccc(C(=O)NC(c2ccccc2)C2CCCO2)c1. The molecule has 0 bridgehead atoms. The van der Waals surface area contributed by atoms with Gasteiger partial charge in [0.25, 0.3) is 5.91 Å². The van der Waals surface area contributed by atoms with Crippen LogP contribution in [0.3, 0.4) is 0 Å². The number of carbonyl (C=O) groups excluding carboxylic acids is 1. The summed E-state index contributed by atoms with van der Waals surface area (Å²) in [5, 5.41) is 11.7. The number of carboxylic acid groups (broad SMARTS) is 1. The van der Waals surface area contributed by atoms with Crippen molar-refractivity contribution in [3.05, 3.63) is 65.7 Å². The molecular formula is C20H21NO5. The Labute approximate surface area is 151 Å². The van der Waals surface area contributed by atoms with E-state index in [4.69, 9.17) is 14.6 Å². The highest BCUT2D eigenvalue weighted by atomic mass is 16.5. The fraction of sp³-hybridized carbons (Fsp3) is 0.300. The van der Waals surface area contributed by atoms with E-state index in [9.17, 15) is 9.59 Å². The van der Waals surface area contributed by atoms with E-state index >= 15 is 0 Å². The predicted octanol–water partition coefficient (Wildman–Crippen LogP) is 2.80. The fourth-order valence-corrected chi connectivity index (χ4v) is 3.01. The highest BCUT2D eigenvalue weighted by molar-refractivity contribution is 5.94. The molecule has 1 aliphatic heterocycles. The lowest BCUT2D eigenvalue weighted by Gasteiger charge is -2.25. The van der Waals surface area contributed by atoms with Gasteiger partial charge in [-0.3, -0.25) is 4.79 Å². The predicted molar refractivity (Wildman–Crippen MR) is 95.2 cm³/mol. The number of rotatable bonds is 7. The average molecular weight is 355 g/mol. The molecular weight excluding hydrogens is 334 g/mol. The summed E-state index contributed by atoms with van der Waals surface area (Å²) in [6.45, 7) is 0.246. The van der Waals surface area contributed by atoms with E-state index in [0.29, 0.717) is 17.9 Å². The molecule has 1 fully saturated rings. The van der Waals surface area contributed by atoms with Gasteiger partial charge in [-0.15, -0.1) is 0 Å². The summed E-state index contributed by atoms with van der Waals surface area (Å²) in [5.41, 5.74) is 1.40. The Morgan fingerprint density at radius 2 is 2.00 bits per heavy atom. The van der Waals surface area contributed by atoms with Crippen molar-refractivity contribution in [3.63, 3.8) is 0 Å². The molecule has 0 radical (unpaired) electrons. The molecule has 136 valence electrons. The number of amides is 1. The van der Waals surface area contributed by atoms with Gasteiger partial charge >= 0.3 is 5.97 Å². The number of carbonyl (C=O) groups is 2. The molecule has 1 amide bonds. The summed E-state index contributed by atoms with van der Waals surface area (Å²) < 4.78 is 10.9. The van der Waals surface area contributed by atoms with Crippen molar-refractivity contribution >= 4 is 11.9 Å². The van der Waals surface area contributed by atoms with Crippen LogP contribution in [0.2, 0.25) is 0 Å². The van der Waals surface area contributed by atoms with E-state index in [2.05, 4.69) is 5.32 Å². The Kier molecular flexibility index (Phi) is 5.86. The lowest BCUT2D eigenvalue weighted by Crippen LogP contribution is -2.36. The van der Waals surface area contributed by atoms with Gasteiger partial charge in [-0.25, -0.2) is 4.79 Å². The third kappa shape index (κ3) is 4.61. The monoisotopic (exact) mass is 355 g/mol. The summed E-state index contributed by atoms with van der Waals surface area (Å²) in [6, 6.07) is 16.0. The van der Waals surface area contributed by atoms with Crippen LogP contribution in [0.25, 0.3) is 0 Å². The second-order valence-corrected chi connectivity index (χ2v) is 6.12. The van der Waals surface area contributed by atoms with Crippen molar-refractivity contribution in [1.82, 2.24) is 5.32 Å². The fourth-order valence-electron chi connectivity index (χ4n) is 3.01. The molecule has 2 aromatic carbocycles. The zero-order valence-corrected chi connectivity index (χ0v) is 14.3. The first-order chi connectivity index (χ1) is 12.6. The van der Waals surface area contributed by atoms with Gasteiger partial charge < -0.3 is 19.9 Å². The standard InChI is InChI=1S/C20H21NO5/c22-18(23)13-26-16-9-4-8-15(12-16)20(24)21-19(17-10-5-11-25-17)14-6-2-1-3-7-14/h1-4,6-9,12,17,19H,5,10-11,13H2,(H,21,24)(H,22,23). The third-order valence-electron chi connectivity index (χ3n) is 4.24. The van der Waals surface area contributed by atoms with Crippen LogP contribution in [0, 0.1) is 0 Å². The van der Waals surface area contributed by atoms with Gasteiger partial charge in [-0.05, 0) is 36.6 Å². The van der Waals surface area contributed by atoms with Crippen molar-refractivity contribution < 1.29 is 24.2 Å². The summed E-state index contributed by atoms with van der Waals surface area (Å²) in [5.74, 6) is -0.981. The molecule has 0 spiro atoms. The molecule has 2 unspecified atom stereocenters. The molecule has 6 nitrogen and oxygen atoms in total. The highest BCUT2D eigenvalue weighted by Crippen LogP contribution is 2.27.